The van der Waals surface area contributed by atoms with Crippen molar-refractivity contribution in [3.63, 3.8) is 0 Å². The zero-order valence-electron chi connectivity index (χ0n) is 13.8. The minimum Gasteiger partial charge on any atom is -0.378 e. The SMILES string of the molecule is CCN(/C=C/C(=O)C(F)(F)C(F)(F)C(F)(F)C(F)(F)C(F)(F)C(F)(F)F)CC. The van der Waals surface area contributed by atoms with Crippen LogP contribution in [-0.2, 0) is 4.79 Å². The molecule has 0 spiro atoms. The van der Waals surface area contributed by atoms with Crippen molar-refractivity contribution in [3.05, 3.63) is 12.3 Å². The number of carbonyl (C=O) groups is 1. The smallest absolute Gasteiger partial charge is 0.378 e. The summed E-state index contributed by atoms with van der Waals surface area (Å²) in [4.78, 5) is 12.1. The standard InChI is InChI=1S/C13H12F13NO/c1-3-27(4-2)6-5-7(28)8(14,15)9(16,17)10(18,19)11(20,21)12(22,23)13(24,25)26/h5-6H,3-4H2,1-2H3/b6-5+. The molecule has 0 aromatic carbocycles. The second kappa shape index (κ2) is 7.61. The van der Waals surface area contributed by atoms with E-state index in [0.29, 0.717) is 6.20 Å². The Hall–Kier alpha value is -1.70. The highest BCUT2D eigenvalue weighted by molar-refractivity contribution is 5.96. The summed E-state index contributed by atoms with van der Waals surface area (Å²) in [5, 5.41) is 0. The molecular formula is C13H12F13NO. The first-order chi connectivity index (χ1) is 12.2. The van der Waals surface area contributed by atoms with Gasteiger partial charge in [0.2, 0.25) is 5.78 Å². The lowest BCUT2D eigenvalue weighted by molar-refractivity contribution is -0.435. The molecule has 0 rings (SSSR count). The van der Waals surface area contributed by atoms with Crippen molar-refractivity contribution in [2.24, 2.45) is 0 Å². The maximum absolute atomic E-state index is 13.5. The average Bonchev–Trinajstić information content (AvgIpc) is 2.53. The summed E-state index contributed by atoms with van der Waals surface area (Å²) in [6.07, 6.45) is -7.51. The van der Waals surface area contributed by atoms with Gasteiger partial charge in [0.25, 0.3) is 0 Å². The molecule has 0 saturated heterocycles. The van der Waals surface area contributed by atoms with Crippen molar-refractivity contribution < 1.29 is 61.9 Å². The van der Waals surface area contributed by atoms with Gasteiger partial charge in [-0.3, -0.25) is 4.79 Å². The third kappa shape index (κ3) is 3.88. The monoisotopic (exact) mass is 445 g/mol. The first-order valence-electron chi connectivity index (χ1n) is 7.09. The molecule has 15 heteroatoms. The normalized spacial score (nSPS) is 15.2. The van der Waals surface area contributed by atoms with E-state index in [1.807, 2.05) is 0 Å². The van der Waals surface area contributed by atoms with E-state index in [9.17, 15) is 61.9 Å². The summed E-state index contributed by atoms with van der Waals surface area (Å²) in [6, 6.07) is 0. The van der Waals surface area contributed by atoms with E-state index in [1.165, 1.54) is 13.8 Å². The Morgan fingerprint density at radius 2 is 1.04 bits per heavy atom. The first kappa shape index (κ1) is 26.3. The van der Waals surface area contributed by atoms with Gasteiger partial charge in [-0.25, -0.2) is 0 Å². The topological polar surface area (TPSA) is 20.3 Å². The second-order valence-corrected chi connectivity index (χ2v) is 5.27. The maximum atomic E-state index is 13.5. The van der Waals surface area contributed by atoms with Crippen LogP contribution in [0.15, 0.2) is 12.3 Å². The summed E-state index contributed by atoms with van der Waals surface area (Å²) >= 11 is 0. The Kier molecular flexibility index (Phi) is 7.15. The van der Waals surface area contributed by atoms with E-state index < -0.39 is 47.6 Å². The molecule has 166 valence electrons. The molecule has 0 unspecified atom stereocenters. The number of rotatable bonds is 9. The Morgan fingerprint density at radius 3 is 1.36 bits per heavy atom. The number of ketones is 1. The van der Waals surface area contributed by atoms with E-state index in [-0.39, 0.29) is 13.1 Å². The third-order valence-electron chi connectivity index (χ3n) is 3.49. The summed E-state index contributed by atoms with van der Waals surface area (Å²) in [6.45, 7) is 2.74. The van der Waals surface area contributed by atoms with Gasteiger partial charge in [0.15, 0.2) is 0 Å². The fraction of sp³-hybridized carbons (Fsp3) is 0.769. The van der Waals surface area contributed by atoms with Crippen LogP contribution in [0.3, 0.4) is 0 Å². The predicted molar refractivity (Wildman–Crippen MR) is 67.9 cm³/mol. The Bertz CT molecular complexity index is 590. The van der Waals surface area contributed by atoms with Crippen molar-refractivity contribution in [3.8, 4) is 0 Å². The van der Waals surface area contributed by atoms with Gasteiger partial charge in [0.1, 0.15) is 0 Å². The molecule has 0 aliphatic heterocycles. The van der Waals surface area contributed by atoms with Crippen LogP contribution in [0.2, 0.25) is 0 Å². The summed E-state index contributed by atoms with van der Waals surface area (Å²) in [7, 11) is 0. The number of alkyl halides is 13. The van der Waals surface area contributed by atoms with Crippen molar-refractivity contribution in [2.45, 2.75) is 49.6 Å². The van der Waals surface area contributed by atoms with E-state index in [4.69, 9.17) is 0 Å². The molecule has 0 saturated carbocycles. The van der Waals surface area contributed by atoms with E-state index in [0.717, 1.165) is 4.90 Å². The molecule has 0 aromatic rings. The Labute approximate surface area is 149 Å². The number of hydrogen-bond acceptors (Lipinski definition) is 2. The van der Waals surface area contributed by atoms with Gasteiger partial charge in [-0.2, -0.15) is 57.1 Å². The van der Waals surface area contributed by atoms with Crippen LogP contribution in [-0.4, -0.2) is 59.6 Å². The Balaban J connectivity index is 6.22. The number of carbonyl (C=O) groups excluding carboxylic acids is 1. The predicted octanol–water partition coefficient (Wildman–Crippen LogP) is 5.15. The second-order valence-electron chi connectivity index (χ2n) is 5.27. The molecular weight excluding hydrogens is 433 g/mol. The van der Waals surface area contributed by atoms with Gasteiger partial charge in [-0.15, -0.1) is 0 Å². The molecule has 0 heterocycles. The van der Waals surface area contributed by atoms with Gasteiger partial charge in [-0.1, -0.05) is 0 Å². The minimum absolute atomic E-state index is 0.00567. The van der Waals surface area contributed by atoms with E-state index in [1.54, 1.807) is 0 Å². The summed E-state index contributed by atoms with van der Waals surface area (Å²) in [5.41, 5.74) is 0. The highest BCUT2D eigenvalue weighted by Gasteiger charge is 2.91. The van der Waals surface area contributed by atoms with Crippen LogP contribution in [0.25, 0.3) is 0 Å². The lowest BCUT2D eigenvalue weighted by Gasteiger charge is -2.39. The highest BCUT2D eigenvalue weighted by Crippen LogP contribution is 2.60. The van der Waals surface area contributed by atoms with Gasteiger partial charge < -0.3 is 4.90 Å². The van der Waals surface area contributed by atoms with Gasteiger partial charge >= 0.3 is 35.8 Å². The summed E-state index contributed by atoms with van der Waals surface area (Å²) in [5.74, 6) is -41.4. The number of hydrogen-bond donors (Lipinski definition) is 0. The number of nitrogens with zero attached hydrogens (tertiary/aromatic N) is 1. The number of halogens is 13. The Morgan fingerprint density at radius 1 is 0.679 bits per heavy atom. The van der Waals surface area contributed by atoms with Crippen molar-refractivity contribution in [2.75, 3.05) is 13.1 Å². The molecule has 0 aliphatic rings. The fourth-order valence-electron chi connectivity index (χ4n) is 1.64. The fourth-order valence-corrected chi connectivity index (χ4v) is 1.64. The lowest BCUT2D eigenvalue weighted by atomic mass is 9.92. The minimum atomic E-state index is -8.02. The number of allylic oxidation sites excluding steroid dienone is 1. The molecule has 0 fully saturated rings. The quantitative estimate of drug-likeness (QED) is 0.362. The van der Waals surface area contributed by atoms with E-state index >= 15 is 0 Å². The maximum Gasteiger partial charge on any atom is 0.460 e. The van der Waals surface area contributed by atoms with Crippen LogP contribution >= 0.6 is 0 Å². The van der Waals surface area contributed by atoms with Crippen LogP contribution in [0.4, 0.5) is 57.1 Å². The first-order valence-corrected chi connectivity index (χ1v) is 7.09. The summed E-state index contributed by atoms with van der Waals surface area (Å²) < 4.78 is 167. The highest BCUT2D eigenvalue weighted by atomic mass is 19.4. The zero-order valence-corrected chi connectivity index (χ0v) is 13.8. The van der Waals surface area contributed by atoms with Gasteiger partial charge in [0, 0.05) is 25.4 Å². The molecule has 0 amide bonds. The molecule has 0 atom stereocenters. The molecule has 28 heavy (non-hydrogen) atoms. The van der Waals surface area contributed by atoms with Gasteiger partial charge in [-0.05, 0) is 13.8 Å². The van der Waals surface area contributed by atoms with Crippen LogP contribution in [0.5, 0.6) is 0 Å². The largest absolute Gasteiger partial charge is 0.460 e. The molecule has 2 nitrogen and oxygen atoms in total. The third-order valence-corrected chi connectivity index (χ3v) is 3.49. The zero-order chi connectivity index (χ0) is 23.0. The van der Waals surface area contributed by atoms with Crippen molar-refractivity contribution in [1.82, 2.24) is 4.90 Å². The molecule has 0 aliphatic carbocycles. The van der Waals surface area contributed by atoms with Crippen LogP contribution < -0.4 is 0 Å². The lowest BCUT2D eigenvalue weighted by Crippen LogP contribution is -2.71. The van der Waals surface area contributed by atoms with Crippen LogP contribution in [0.1, 0.15) is 13.8 Å². The molecule has 0 bridgehead atoms. The van der Waals surface area contributed by atoms with Crippen molar-refractivity contribution >= 4 is 5.78 Å². The van der Waals surface area contributed by atoms with E-state index in [2.05, 4.69) is 0 Å². The van der Waals surface area contributed by atoms with Crippen molar-refractivity contribution in [1.29, 1.82) is 0 Å². The molecule has 0 aromatic heterocycles. The molecule has 0 radical (unpaired) electrons. The molecule has 0 N–H and O–H groups in total. The van der Waals surface area contributed by atoms with Gasteiger partial charge in [0.05, 0.1) is 0 Å². The average molecular weight is 445 g/mol. The van der Waals surface area contributed by atoms with Crippen LogP contribution in [0, 0.1) is 0 Å².